The highest BCUT2D eigenvalue weighted by Crippen LogP contribution is 2.41. The summed E-state index contributed by atoms with van der Waals surface area (Å²) < 4.78 is 76.4. The molecule has 0 aliphatic carbocycles. The average Bonchev–Trinajstić information content (AvgIpc) is 2.58. The zero-order chi connectivity index (χ0) is 14.8. The Morgan fingerprint density at radius 1 is 1.26 bits per heavy atom. The van der Waals surface area contributed by atoms with Gasteiger partial charge in [-0.2, -0.15) is 31.4 Å². The molecule has 110 valence electrons. The Bertz CT molecular complexity index is 396. The third-order valence-corrected chi connectivity index (χ3v) is 2.52. The molecule has 0 aliphatic heterocycles. The van der Waals surface area contributed by atoms with Crippen LogP contribution >= 0.6 is 0 Å². The third-order valence-electron chi connectivity index (χ3n) is 2.52. The van der Waals surface area contributed by atoms with Gasteiger partial charge in [-0.1, -0.05) is 0 Å². The highest BCUT2D eigenvalue weighted by molar-refractivity contribution is 5.03. The van der Waals surface area contributed by atoms with Gasteiger partial charge in [-0.15, -0.1) is 0 Å². The van der Waals surface area contributed by atoms with E-state index < -0.39 is 30.7 Å². The number of nitrogens with two attached hydrogens (primary N) is 1. The second kappa shape index (κ2) is 5.37. The number of alkyl halides is 6. The molecular weight excluding hydrogens is 278 g/mol. The number of aryl methyl sites for hydroxylation is 1. The lowest BCUT2D eigenvalue weighted by molar-refractivity contribution is -0.291. The van der Waals surface area contributed by atoms with Crippen molar-refractivity contribution in [3.8, 4) is 0 Å². The Kier molecular flexibility index (Phi) is 4.46. The van der Waals surface area contributed by atoms with E-state index in [-0.39, 0.29) is 5.69 Å². The van der Waals surface area contributed by atoms with Gasteiger partial charge in [-0.25, -0.2) is 0 Å². The normalized spacial score (nSPS) is 15.0. The lowest BCUT2D eigenvalue weighted by Crippen LogP contribution is -2.54. The molecule has 0 saturated carbocycles. The van der Waals surface area contributed by atoms with Gasteiger partial charge in [0, 0.05) is 25.7 Å². The van der Waals surface area contributed by atoms with E-state index in [0.717, 1.165) is 0 Å². The van der Waals surface area contributed by atoms with Crippen LogP contribution in [0.5, 0.6) is 0 Å². The molecule has 0 aliphatic rings. The maximum Gasteiger partial charge on any atom is 0.402 e. The molecule has 0 bridgehead atoms. The van der Waals surface area contributed by atoms with Crippen molar-refractivity contribution in [3.05, 3.63) is 18.0 Å². The summed E-state index contributed by atoms with van der Waals surface area (Å²) in [6.45, 7) is 0. The monoisotopic (exact) mass is 290 g/mol. The standard InChI is InChI=1S/C9H12F6N4/c1-19-3-2-5(18-19)4-6(17-16)7(8(10,11)12)9(13,14)15/h2-3,6-7,17H,4,16H2,1H3. The van der Waals surface area contributed by atoms with Crippen molar-refractivity contribution in [1.82, 2.24) is 15.2 Å². The van der Waals surface area contributed by atoms with Crippen LogP contribution in [0.1, 0.15) is 5.69 Å². The number of nitrogens with zero attached hydrogens (tertiary/aromatic N) is 2. The highest BCUT2D eigenvalue weighted by atomic mass is 19.4. The minimum absolute atomic E-state index is 0.0870. The predicted octanol–water partition coefficient (Wildman–Crippen LogP) is 1.54. The van der Waals surface area contributed by atoms with E-state index in [1.807, 2.05) is 0 Å². The maximum absolute atomic E-state index is 12.5. The van der Waals surface area contributed by atoms with E-state index in [4.69, 9.17) is 5.84 Å². The first-order valence-corrected chi connectivity index (χ1v) is 5.13. The molecule has 10 heteroatoms. The van der Waals surface area contributed by atoms with Gasteiger partial charge in [0.05, 0.1) is 5.69 Å². The molecule has 1 atom stereocenters. The SMILES string of the molecule is Cn1ccc(CC(NN)C(C(F)(F)F)C(F)(F)F)n1. The van der Waals surface area contributed by atoms with Crippen molar-refractivity contribution in [2.24, 2.45) is 18.8 Å². The molecule has 0 saturated heterocycles. The first-order valence-electron chi connectivity index (χ1n) is 5.13. The lowest BCUT2D eigenvalue weighted by atomic mass is 9.95. The summed E-state index contributed by atoms with van der Waals surface area (Å²) >= 11 is 0. The Morgan fingerprint density at radius 2 is 1.79 bits per heavy atom. The van der Waals surface area contributed by atoms with Gasteiger partial charge < -0.3 is 0 Å². The van der Waals surface area contributed by atoms with Gasteiger partial charge in [-0.3, -0.25) is 16.0 Å². The van der Waals surface area contributed by atoms with Gasteiger partial charge in [0.2, 0.25) is 0 Å². The topological polar surface area (TPSA) is 55.9 Å². The average molecular weight is 290 g/mol. The molecule has 0 spiro atoms. The smallest absolute Gasteiger partial charge is 0.276 e. The summed E-state index contributed by atoms with van der Waals surface area (Å²) in [5.41, 5.74) is 1.67. The number of hydrogen-bond acceptors (Lipinski definition) is 3. The van der Waals surface area contributed by atoms with Gasteiger partial charge >= 0.3 is 12.4 Å². The van der Waals surface area contributed by atoms with E-state index >= 15 is 0 Å². The molecule has 0 aromatic carbocycles. The van der Waals surface area contributed by atoms with Gasteiger partial charge in [0.25, 0.3) is 0 Å². The fourth-order valence-corrected chi connectivity index (χ4v) is 1.71. The summed E-state index contributed by atoms with van der Waals surface area (Å²) in [5, 5.41) is 3.73. The van der Waals surface area contributed by atoms with Crippen LogP contribution < -0.4 is 11.3 Å². The molecule has 1 rings (SSSR count). The number of halogens is 6. The van der Waals surface area contributed by atoms with E-state index in [1.54, 1.807) is 5.43 Å². The van der Waals surface area contributed by atoms with Gasteiger partial charge in [0.15, 0.2) is 5.92 Å². The molecule has 0 amide bonds. The molecule has 4 nitrogen and oxygen atoms in total. The Morgan fingerprint density at radius 3 is 2.11 bits per heavy atom. The van der Waals surface area contributed by atoms with Crippen LogP contribution in [0, 0.1) is 5.92 Å². The van der Waals surface area contributed by atoms with Crippen LogP contribution in [0.15, 0.2) is 12.3 Å². The second-order valence-electron chi connectivity index (χ2n) is 4.02. The molecule has 0 radical (unpaired) electrons. The lowest BCUT2D eigenvalue weighted by Gasteiger charge is -2.29. The van der Waals surface area contributed by atoms with Crippen LogP contribution in [0.4, 0.5) is 26.3 Å². The zero-order valence-electron chi connectivity index (χ0n) is 9.76. The molecule has 1 heterocycles. The number of rotatable bonds is 4. The van der Waals surface area contributed by atoms with E-state index in [1.165, 1.54) is 24.0 Å². The number of hydrogen-bond donors (Lipinski definition) is 2. The van der Waals surface area contributed by atoms with E-state index in [0.29, 0.717) is 0 Å². The summed E-state index contributed by atoms with van der Waals surface area (Å²) in [6, 6.07) is -0.705. The minimum atomic E-state index is -5.44. The highest BCUT2D eigenvalue weighted by Gasteiger charge is 2.60. The Labute approximate surface area is 104 Å². The maximum atomic E-state index is 12.5. The van der Waals surface area contributed by atoms with Gasteiger partial charge in [0.1, 0.15) is 0 Å². The fraction of sp³-hybridized carbons (Fsp3) is 0.667. The Balaban J connectivity index is 2.97. The first-order chi connectivity index (χ1) is 8.55. The van der Waals surface area contributed by atoms with E-state index in [9.17, 15) is 26.3 Å². The van der Waals surface area contributed by atoms with Crippen LogP contribution in [-0.4, -0.2) is 28.2 Å². The quantitative estimate of drug-likeness (QED) is 0.502. The summed E-state index contributed by atoms with van der Waals surface area (Å²) in [5.74, 6) is 1.29. The minimum Gasteiger partial charge on any atom is -0.276 e. The fourth-order valence-electron chi connectivity index (χ4n) is 1.71. The summed E-state index contributed by atoms with van der Waals surface area (Å²) in [6.07, 6.45) is -10.0. The molecular formula is C9H12F6N4. The van der Waals surface area contributed by atoms with Crippen LogP contribution in [0.2, 0.25) is 0 Å². The second-order valence-corrected chi connectivity index (χ2v) is 4.02. The van der Waals surface area contributed by atoms with Crippen LogP contribution in [0.3, 0.4) is 0 Å². The molecule has 1 aromatic heterocycles. The number of aromatic nitrogens is 2. The van der Waals surface area contributed by atoms with Crippen LogP contribution in [-0.2, 0) is 13.5 Å². The van der Waals surface area contributed by atoms with Crippen molar-refractivity contribution in [2.45, 2.75) is 24.8 Å². The number of nitrogens with one attached hydrogen (secondary N) is 1. The molecule has 3 N–H and O–H groups in total. The van der Waals surface area contributed by atoms with Crippen molar-refractivity contribution in [1.29, 1.82) is 0 Å². The molecule has 0 fully saturated rings. The number of hydrazine groups is 1. The molecule has 1 aromatic rings. The van der Waals surface area contributed by atoms with E-state index in [2.05, 4.69) is 5.10 Å². The van der Waals surface area contributed by atoms with Crippen LogP contribution in [0.25, 0.3) is 0 Å². The molecule has 1 unspecified atom stereocenters. The first kappa shape index (κ1) is 15.8. The largest absolute Gasteiger partial charge is 0.402 e. The summed E-state index contributed by atoms with van der Waals surface area (Å²) in [7, 11) is 1.50. The zero-order valence-corrected chi connectivity index (χ0v) is 9.76. The van der Waals surface area contributed by atoms with Gasteiger partial charge in [-0.05, 0) is 6.07 Å². The van der Waals surface area contributed by atoms with Crippen molar-refractivity contribution < 1.29 is 26.3 Å². The third kappa shape index (κ3) is 4.10. The van der Waals surface area contributed by atoms with Crippen molar-refractivity contribution in [3.63, 3.8) is 0 Å². The van der Waals surface area contributed by atoms with Crippen molar-refractivity contribution in [2.75, 3.05) is 0 Å². The summed E-state index contributed by atoms with van der Waals surface area (Å²) in [4.78, 5) is 0. The molecule has 19 heavy (non-hydrogen) atoms. The predicted molar refractivity (Wildman–Crippen MR) is 53.6 cm³/mol. The van der Waals surface area contributed by atoms with Crippen molar-refractivity contribution >= 4 is 0 Å². The Hall–Kier alpha value is -1.29.